The van der Waals surface area contributed by atoms with E-state index in [4.69, 9.17) is 16.3 Å². The number of hydrogen-bond donors (Lipinski definition) is 1. The van der Waals surface area contributed by atoms with Crippen molar-refractivity contribution in [2.45, 2.75) is 57.6 Å². The number of amides is 1. The zero-order valence-electron chi connectivity index (χ0n) is 15.3. The van der Waals surface area contributed by atoms with Gasteiger partial charge in [-0.15, -0.1) is 0 Å². The quantitative estimate of drug-likeness (QED) is 0.696. The Balaban J connectivity index is 1.41. The van der Waals surface area contributed by atoms with E-state index in [9.17, 15) is 4.79 Å². The van der Waals surface area contributed by atoms with Gasteiger partial charge in [0.05, 0.1) is 4.47 Å². The van der Waals surface area contributed by atoms with Crippen molar-refractivity contribution in [2.24, 2.45) is 5.92 Å². The smallest absolute Gasteiger partial charge is 0.260 e. The van der Waals surface area contributed by atoms with Crippen molar-refractivity contribution >= 4 is 33.4 Å². The first-order valence-corrected chi connectivity index (χ1v) is 10.8. The minimum Gasteiger partial charge on any atom is -0.480 e. The van der Waals surface area contributed by atoms with Crippen LogP contribution in [0.3, 0.4) is 0 Å². The van der Waals surface area contributed by atoms with Gasteiger partial charge in [0, 0.05) is 30.7 Å². The average Bonchev–Trinajstić information content (AvgIpc) is 3.12. The molecule has 2 fully saturated rings. The van der Waals surface area contributed by atoms with E-state index < -0.39 is 6.10 Å². The van der Waals surface area contributed by atoms with Crippen molar-refractivity contribution in [3.05, 3.63) is 27.7 Å². The van der Waals surface area contributed by atoms with Gasteiger partial charge in [0.15, 0.2) is 6.10 Å². The van der Waals surface area contributed by atoms with Crippen LogP contribution in [0.15, 0.2) is 22.7 Å². The molecule has 1 amide bonds. The van der Waals surface area contributed by atoms with E-state index >= 15 is 0 Å². The highest BCUT2D eigenvalue weighted by molar-refractivity contribution is 9.10. The Hall–Kier alpha value is -0.780. The minimum atomic E-state index is -0.538. The lowest BCUT2D eigenvalue weighted by Gasteiger charge is -2.34. The van der Waals surface area contributed by atoms with Crippen LogP contribution in [0.5, 0.6) is 5.75 Å². The molecule has 6 heteroatoms. The van der Waals surface area contributed by atoms with Gasteiger partial charge in [0.1, 0.15) is 5.75 Å². The van der Waals surface area contributed by atoms with Gasteiger partial charge in [-0.1, -0.05) is 24.4 Å². The van der Waals surface area contributed by atoms with Crippen molar-refractivity contribution in [3.8, 4) is 5.75 Å². The number of rotatable bonds is 6. The third kappa shape index (κ3) is 5.61. The number of benzene rings is 1. The Morgan fingerprint density at radius 1 is 1.31 bits per heavy atom. The monoisotopic (exact) mass is 442 g/mol. The molecule has 3 rings (SSSR count). The summed E-state index contributed by atoms with van der Waals surface area (Å²) in [6.07, 6.45) is 7.10. The van der Waals surface area contributed by atoms with E-state index in [0.717, 1.165) is 36.3 Å². The van der Waals surface area contributed by atoms with Gasteiger partial charge < -0.3 is 15.0 Å². The Morgan fingerprint density at radius 2 is 2.00 bits per heavy atom. The number of ether oxygens (including phenoxy) is 1. The predicted octanol–water partition coefficient (Wildman–Crippen LogP) is 4.64. The second-order valence-corrected chi connectivity index (χ2v) is 8.86. The minimum absolute atomic E-state index is 0.0545. The maximum absolute atomic E-state index is 12.5. The number of likely N-dealkylation sites (tertiary alicyclic amines) is 1. The molecule has 0 aromatic heterocycles. The first-order valence-electron chi connectivity index (χ1n) is 9.65. The predicted molar refractivity (Wildman–Crippen MR) is 109 cm³/mol. The average molecular weight is 444 g/mol. The van der Waals surface area contributed by atoms with Crippen LogP contribution in [0.25, 0.3) is 0 Å². The molecule has 1 aromatic rings. The van der Waals surface area contributed by atoms with Gasteiger partial charge in [-0.2, -0.15) is 0 Å². The van der Waals surface area contributed by atoms with Crippen LogP contribution in [0, 0.1) is 5.92 Å². The van der Waals surface area contributed by atoms with E-state index in [-0.39, 0.29) is 11.9 Å². The fourth-order valence-electron chi connectivity index (χ4n) is 3.95. The van der Waals surface area contributed by atoms with E-state index in [1.165, 1.54) is 32.2 Å². The molecule has 1 saturated carbocycles. The highest BCUT2D eigenvalue weighted by Crippen LogP contribution is 2.29. The van der Waals surface area contributed by atoms with Crippen molar-refractivity contribution in [1.29, 1.82) is 0 Å². The molecule has 0 spiro atoms. The van der Waals surface area contributed by atoms with E-state index in [2.05, 4.69) is 26.1 Å². The van der Waals surface area contributed by atoms with E-state index in [0.29, 0.717) is 10.8 Å². The zero-order chi connectivity index (χ0) is 18.5. The third-order valence-corrected chi connectivity index (χ3v) is 6.35. The van der Waals surface area contributed by atoms with Gasteiger partial charge >= 0.3 is 0 Å². The zero-order valence-corrected chi connectivity index (χ0v) is 17.7. The second kappa shape index (κ2) is 9.43. The van der Waals surface area contributed by atoms with Gasteiger partial charge in [-0.25, -0.2) is 0 Å². The number of nitrogens with one attached hydrogen (secondary N) is 1. The van der Waals surface area contributed by atoms with Gasteiger partial charge in [-0.3, -0.25) is 4.79 Å². The molecule has 1 unspecified atom stereocenters. The largest absolute Gasteiger partial charge is 0.480 e. The standard InChI is InChI=1S/C20H28BrClN2O2/c1-14(26-19-7-6-16(22)12-18(19)21)20(25)23-17-8-10-24(11-9-17)13-15-4-2-3-5-15/h6-7,12,14-15,17H,2-5,8-11,13H2,1H3,(H,23,25). The second-order valence-electron chi connectivity index (χ2n) is 7.57. The summed E-state index contributed by atoms with van der Waals surface area (Å²) in [5.74, 6) is 1.47. The molecule has 1 aromatic carbocycles. The van der Waals surface area contributed by atoms with Gasteiger partial charge in [0.25, 0.3) is 5.91 Å². The molecule has 1 heterocycles. The van der Waals surface area contributed by atoms with Crippen molar-refractivity contribution in [2.75, 3.05) is 19.6 Å². The number of hydrogen-bond acceptors (Lipinski definition) is 3. The summed E-state index contributed by atoms with van der Waals surface area (Å²) in [6, 6.07) is 5.55. The van der Waals surface area contributed by atoms with Crippen LogP contribution >= 0.6 is 27.5 Å². The lowest BCUT2D eigenvalue weighted by molar-refractivity contribution is -0.128. The number of carbonyl (C=O) groups excluding carboxylic acids is 1. The summed E-state index contributed by atoms with van der Waals surface area (Å²) in [5, 5.41) is 3.78. The maximum Gasteiger partial charge on any atom is 0.260 e. The molecule has 1 N–H and O–H groups in total. The van der Waals surface area contributed by atoms with Crippen molar-refractivity contribution < 1.29 is 9.53 Å². The SMILES string of the molecule is CC(Oc1ccc(Cl)cc1Br)C(=O)NC1CCN(CC2CCCC2)CC1. The van der Waals surface area contributed by atoms with Gasteiger partial charge in [0.2, 0.25) is 0 Å². The van der Waals surface area contributed by atoms with Crippen LogP contribution < -0.4 is 10.1 Å². The molecule has 2 aliphatic rings. The molecule has 144 valence electrons. The molecule has 1 saturated heterocycles. The van der Waals surface area contributed by atoms with Crippen LogP contribution in [0.4, 0.5) is 0 Å². The fourth-order valence-corrected chi connectivity index (χ4v) is 4.73. The van der Waals surface area contributed by atoms with E-state index in [1.807, 2.05) is 0 Å². The third-order valence-electron chi connectivity index (χ3n) is 5.49. The van der Waals surface area contributed by atoms with Crippen LogP contribution in [-0.4, -0.2) is 42.6 Å². The molecule has 0 bridgehead atoms. The highest BCUT2D eigenvalue weighted by atomic mass is 79.9. The summed E-state index contributed by atoms with van der Waals surface area (Å²) < 4.78 is 6.54. The lowest BCUT2D eigenvalue weighted by atomic mass is 10.0. The van der Waals surface area contributed by atoms with Crippen LogP contribution in [0.2, 0.25) is 5.02 Å². The summed E-state index contributed by atoms with van der Waals surface area (Å²) >= 11 is 9.36. The van der Waals surface area contributed by atoms with Crippen LogP contribution in [-0.2, 0) is 4.79 Å². The number of nitrogens with zero attached hydrogens (tertiary/aromatic N) is 1. The molecule has 0 radical (unpaired) electrons. The molecular weight excluding hydrogens is 416 g/mol. The lowest BCUT2D eigenvalue weighted by Crippen LogP contribution is -2.48. The normalized spacial score (nSPS) is 20.9. The first kappa shape index (κ1) is 20.0. The molecule has 1 atom stereocenters. The first-order chi connectivity index (χ1) is 12.5. The molecule has 4 nitrogen and oxygen atoms in total. The Morgan fingerprint density at radius 3 is 2.65 bits per heavy atom. The van der Waals surface area contributed by atoms with Crippen molar-refractivity contribution in [3.63, 3.8) is 0 Å². The molecule has 26 heavy (non-hydrogen) atoms. The number of piperidine rings is 1. The number of carbonyl (C=O) groups is 1. The Bertz CT molecular complexity index is 614. The summed E-state index contributed by atoms with van der Waals surface area (Å²) in [5.41, 5.74) is 0. The van der Waals surface area contributed by atoms with Crippen molar-refractivity contribution in [1.82, 2.24) is 10.2 Å². The number of halogens is 2. The molecule has 1 aliphatic carbocycles. The summed E-state index contributed by atoms with van der Waals surface area (Å²) in [6.45, 7) is 5.19. The van der Waals surface area contributed by atoms with Gasteiger partial charge in [-0.05, 0) is 72.7 Å². The van der Waals surface area contributed by atoms with Crippen LogP contribution in [0.1, 0.15) is 45.4 Å². The topological polar surface area (TPSA) is 41.6 Å². The Kier molecular flexibility index (Phi) is 7.24. The fraction of sp³-hybridized carbons (Fsp3) is 0.650. The Labute approximate surface area is 169 Å². The van der Waals surface area contributed by atoms with E-state index in [1.54, 1.807) is 25.1 Å². The maximum atomic E-state index is 12.5. The summed E-state index contributed by atoms with van der Waals surface area (Å²) in [4.78, 5) is 15.0. The highest BCUT2D eigenvalue weighted by Gasteiger charge is 2.26. The molecular formula is C20H28BrClN2O2. The summed E-state index contributed by atoms with van der Waals surface area (Å²) in [7, 11) is 0. The molecule has 1 aliphatic heterocycles.